The van der Waals surface area contributed by atoms with Crippen LogP contribution in [0.3, 0.4) is 0 Å². The lowest BCUT2D eigenvalue weighted by molar-refractivity contribution is 0.580. The standard InChI is InChI=1S/C11H16BrCl/c1-2-3-5-8-11(13)9-6-4-7-10(11)12/h4,6-7,9-10H,2-3,5,8H2,1H3. The topological polar surface area (TPSA) is 0 Å². The van der Waals surface area contributed by atoms with Crippen LogP contribution >= 0.6 is 27.5 Å². The minimum Gasteiger partial charge on any atom is -0.113 e. The Kier molecular flexibility index (Phi) is 4.54. The summed E-state index contributed by atoms with van der Waals surface area (Å²) in [5, 5.41) is 0. The van der Waals surface area contributed by atoms with Crippen LogP contribution in [0, 0.1) is 0 Å². The molecule has 0 bridgehead atoms. The average molecular weight is 264 g/mol. The number of rotatable bonds is 4. The molecule has 13 heavy (non-hydrogen) atoms. The number of hydrogen-bond donors (Lipinski definition) is 0. The first-order valence-electron chi connectivity index (χ1n) is 4.88. The second-order valence-electron chi connectivity index (χ2n) is 3.53. The molecule has 2 heteroatoms. The van der Waals surface area contributed by atoms with Crippen LogP contribution in [0.4, 0.5) is 0 Å². The van der Waals surface area contributed by atoms with E-state index < -0.39 is 0 Å². The Hall–Kier alpha value is 0.250. The Labute approximate surface area is 94.2 Å². The third-order valence-corrected chi connectivity index (χ3v) is 4.32. The van der Waals surface area contributed by atoms with Crippen molar-refractivity contribution in [3.8, 4) is 0 Å². The first kappa shape index (κ1) is 11.3. The van der Waals surface area contributed by atoms with Crippen LogP contribution in [0.15, 0.2) is 24.3 Å². The van der Waals surface area contributed by atoms with Crippen LogP contribution in [-0.4, -0.2) is 9.70 Å². The molecule has 0 saturated carbocycles. The van der Waals surface area contributed by atoms with Gasteiger partial charge in [-0.2, -0.15) is 0 Å². The number of halogens is 2. The zero-order chi connectivity index (χ0) is 9.73. The van der Waals surface area contributed by atoms with Crippen molar-refractivity contribution in [2.24, 2.45) is 0 Å². The van der Waals surface area contributed by atoms with Gasteiger partial charge in [0.2, 0.25) is 0 Å². The molecule has 0 N–H and O–H groups in total. The molecule has 2 unspecified atom stereocenters. The van der Waals surface area contributed by atoms with Crippen LogP contribution in [-0.2, 0) is 0 Å². The van der Waals surface area contributed by atoms with Crippen molar-refractivity contribution >= 4 is 27.5 Å². The minimum atomic E-state index is -0.191. The third kappa shape index (κ3) is 3.14. The maximum absolute atomic E-state index is 6.48. The van der Waals surface area contributed by atoms with E-state index in [0.717, 1.165) is 6.42 Å². The van der Waals surface area contributed by atoms with Gasteiger partial charge in [0.05, 0.1) is 9.70 Å². The lowest BCUT2D eigenvalue weighted by Crippen LogP contribution is -2.30. The van der Waals surface area contributed by atoms with Crippen LogP contribution in [0.2, 0.25) is 0 Å². The summed E-state index contributed by atoms with van der Waals surface area (Å²) in [7, 11) is 0. The summed E-state index contributed by atoms with van der Waals surface area (Å²) in [5.41, 5.74) is 0. The summed E-state index contributed by atoms with van der Waals surface area (Å²) < 4.78 is 0. The van der Waals surface area contributed by atoms with Crippen molar-refractivity contribution in [2.75, 3.05) is 0 Å². The predicted molar refractivity (Wildman–Crippen MR) is 63.7 cm³/mol. The van der Waals surface area contributed by atoms with Gasteiger partial charge in [0.25, 0.3) is 0 Å². The fourth-order valence-electron chi connectivity index (χ4n) is 1.50. The van der Waals surface area contributed by atoms with E-state index in [4.69, 9.17) is 11.6 Å². The summed E-state index contributed by atoms with van der Waals surface area (Å²) in [6, 6.07) is 0. The Morgan fingerprint density at radius 1 is 1.38 bits per heavy atom. The highest BCUT2D eigenvalue weighted by Gasteiger charge is 2.31. The highest BCUT2D eigenvalue weighted by Crippen LogP contribution is 2.36. The van der Waals surface area contributed by atoms with Crippen molar-refractivity contribution < 1.29 is 0 Å². The maximum Gasteiger partial charge on any atom is 0.0788 e. The molecule has 0 fully saturated rings. The van der Waals surface area contributed by atoms with Gasteiger partial charge in [-0.3, -0.25) is 0 Å². The average Bonchev–Trinajstić information content (AvgIpc) is 2.11. The maximum atomic E-state index is 6.48. The summed E-state index contributed by atoms with van der Waals surface area (Å²) in [4.78, 5) is 0.0905. The van der Waals surface area contributed by atoms with E-state index in [1.165, 1.54) is 19.3 Å². The summed E-state index contributed by atoms with van der Waals surface area (Å²) in [5.74, 6) is 0. The Morgan fingerprint density at radius 2 is 2.15 bits per heavy atom. The highest BCUT2D eigenvalue weighted by atomic mass is 79.9. The molecule has 0 radical (unpaired) electrons. The number of alkyl halides is 2. The van der Waals surface area contributed by atoms with Crippen molar-refractivity contribution in [1.82, 2.24) is 0 Å². The van der Waals surface area contributed by atoms with E-state index in [-0.39, 0.29) is 9.70 Å². The molecule has 0 aromatic carbocycles. The van der Waals surface area contributed by atoms with E-state index in [1.54, 1.807) is 0 Å². The van der Waals surface area contributed by atoms with Crippen molar-refractivity contribution in [1.29, 1.82) is 0 Å². The molecule has 1 rings (SSSR count). The van der Waals surface area contributed by atoms with Gasteiger partial charge < -0.3 is 0 Å². The largest absolute Gasteiger partial charge is 0.113 e. The van der Waals surface area contributed by atoms with Gasteiger partial charge in [0, 0.05) is 0 Å². The van der Waals surface area contributed by atoms with Crippen molar-refractivity contribution in [2.45, 2.75) is 42.3 Å². The minimum absolute atomic E-state index is 0.191. The van der Waals surface area contributed by atoms with Gasteiger partial charge in [-0.05, 0) is 6.42 Å². The molecule has 0 aromatic heterocycles. The molecule has 1 aliphatic rings. The molecule has 0 aromatic rings. The molecule has 0 nitrogen and oxygen atoms in total. The van der Waals surface area contributed by atoms with E-state index in [9.17, 15) is 0 Å². The third-order valence-electron chi connectivity index (χ3n) is 2.39. The molecule has 0 spiro atoms. The van der Waals surface area contributed by atoms with Crippen molar-refractivity contribution in [3.63, 3.8) is 0 Å². The molecule has 1 aliphatic carbocycles. The number of hydrogen-bond acceptors (Lipinski definition) is 0. The molecule has 0 heterocycles. The summed E-state index contributed by atoms with van der Waals surface area (Å²) >= 11 is 10.1. The molecule has 0 aliphatic heterocycles. The van der Waals surface area contributed by atoms with Crippen LogP contribution in [0.5, 0.6) is 0 Å². The predicted octanol–water partition coefficient (Wildman–Crippen LogP) is 4.43. The molecular weight excluding hydrogens is 247 g/mol. The molecule has 0 saturated heterocycles. The number of unbranched alkanes of at least 4 members (excludes halogenated alkanes) is 2. The second kappa shape index (κ2) is 5.21. The van der Waals surface area contributed by atoms with E-state index in [2.05, 4.69) is 35.0 Å². The molecular formula is C11H16BrCl. The summed E-state index contributed by atoms with van der Waals surface area (Å²) in [6.07, 6.45) is 13.1. The Morgan fingerprint density at radius 3 is 2.77 bits per heavy atom. The van der Waals surface area contributed by atoms with Crippen LogP contribution in [0.25, 0.3) is 0 Å². The lowest BCUT2D eigenvalue weighted by atomic mass is 9.93. The van der Waals surface area contributed by atoms with E-state index in [0.29, 0.717) is 0 Å². The second-order valence-corrected chi connectivity index (χ2v) is 5.22. The first-order valence-corrected chi connectivity index (χ1v) is 6.17. The molecule has 2 atom stereocenters. The Bertz CT molecular complexity index is 210. The highest BCUT2D eigenvalue weighted by molar-refractivity contribution is 9.09. The summed E-state index contributed by atoms with van der Waals surface area (Å²) in [6.45, 7) is 2.21. The van der Waals surface area contributed by atoms with Crippen LogP contribution in [0.1, 0.15) is 32.6 Å². The van der Waals surface area contributed by atoms with E-state index in [1.807, 2.05) is 12.2 Å². The number of allylic oxidation sites excluding steroid dienone is 4. The lowest BCUT2D eigenvalue weighted by Gasteiger charge is -2.29. The SMILES string of the molecule is CCCCCC1(Cl)C=CC=CC1Br. The van der Waals surface area contributed by atoms with Crippen LogP contribution < -0.4 is 0 Å². The zero-order valence-corrected chi connectivity index (χ0v) is 10.3. The molecule has 74 valence electrons. The van der Waals surface area contributed by atoms with Gasteiger partial charge in [-0.15, -0.1) is 11.6 Å². The van der Waals surface area contributed by atoms with Gasteiger partial charge in [0.1, 0.15) is 0 Å². The smallest absolute Gasteiger partial charge is 0.0788 e. The fourth-order valence-corrected chi connectivity index (χ4v) is 2.33. The monoisotopic (exact) mass is 262 g/mol. The normalized spacial score (nSPS) is 32.4. The fraction of sp³-hybridized carbons (Fsp3) is 0.636. The van der Waals surface area contributed by atoms with E-state index >= 15 is 0 Å². The first-order chi connectivity index (χ1) is 6.19. The van der Waals surface area contributed by atoms with Gasteiger partial charge in [0.15, 0.2) is 0 Å². The quantitative estimate of drug-likeness (QED) is 0.520. The van der Waals surface area contributed by atoms with Gasteiger partial charge in [-0.25, -0.2) is 0 Å². The van der Waals surface area contributed by atoms with Gasteiger partial charge >= 0.3 is 0 Å². The van der Waals surface area contributed by atoms with Crippen molar-refractivity contribution in [3.05, 3.63) is 24.3 Å². The Balaban J connectivity index is 2.45. The van der Waals surface area contributed by atoms with Gasteiger partial charge in [-0.1, -0.05) is 66.4 Å². The molecule has 0 amide bonds. The zero-order valence-electron chi connectivity index (χ0n) is 7.97.